The fourth-order valence-corrected chi connectivity index (χ4v) is 4.36. The summed E-state index contributed by atoms with van der Waals surface area (Å²) >= 11 is 2.06. The van der Waals surface area contributed by atoms with Crippen LogP contribution in [-0.4, -0.2) is 41.6 Å². The maximum Gasteiger partial charge on any atom is 0.122 e. The zero-order chi connectivity index (χ0) is 14.2. The van der Waals surface area contributed by atoms with Crippen molar-refractivity contribution in [2.45, 2.75) is 31.1 Å². The van der Waals surface area contributed by atoms with Crippen LogP contribution in [0.1, 0.15) is 31.0 Å². The van der Waals surface area contributed by atoms with Gasteiger partial charge in [0, 0.05) is 42.6 Å². The molecule has 0 bridgehead atoms. The number of hydrogen-bond acceptors (Lipinski definition) is 4. The first-order valence-electron chi connectivity index (χ1n) is 7.43. The molecule has 1 atom stereocenters. The van der Waals surface area contributed by atoms with Gasteiger partial charge in [-0.1, -0.05) is 12.1 Å². The van der Waals surface area contributed by atoms with E-state index in [0.717, 1.165) is 31.9 Å². The average Bonchev–Trinajstić information content (AvgIpc) is 2.86. The van der Waals surface area contributed by atoms with Gasteiger partial charge in [-0.3, -0.25) is 4.90 Å². The van der Waals surface area contributed by atoms with Crippen LogP contribution in [-0.2, 0) is 6.42 Å². The van der Waals surface area contributed by atoms with Crippen LogP contribution in [0.2, 0.25) is 0 Å². The lowest BCUT2D eigenvalue weighted by Crippen LogP contribution is -2.46. The molecule has 110 valence electrons. The molecular weight excluding hydrogens is 268 g/mol. The van der Waals surface area contributed by atoms with Crippen molar-refractivity contribution in [2.75, 3.05) is 32.0 Å². The summed E-state index contributed by atoms with van der Waals surface area (Å²) in [7, 11) is 0. The van der Waals surface area contributed by atoms with E-state index >= 15 is 0 Å². The summed E-state index contributed by atoms with van der Waals surface area (Å²) in [5, 5.41) is 0. The zero-order valence-electron chi connectivity index (χ0n) is 12.4. The Labute approximate surface area is 125 Å². The number of hydrogen-bond donors (Lipinski definition) is 1. The van der Waals surface area contributed by atoms with Crippen molar-refractivity contribution in [2.24, 2.45) is 5.73 Å². The minimum atomic E-state index is 0.325. The van der Waals surface area contributed by atoms with E-state index in [9.17, 15) is 0 Å². The van der Waals surface area contributed by atoms with Crippen LogP contribution in [0, 0.1) is 0 Å². The topological polar surface area (TPSA) is 38.5 Å². The number of fused-ring (bicyclic) bond motifs is 1. The van der Waals surface area contributed by atoms with Crippen LogP contribution >= 0.6 is 11.8 Å². The monoisotopic (exact) mass is 292 g/mol. The van der Waals surface area contributed by atoms with Gasteiger partial charge in [0.1, 0.15) is 5.75 Å². The largest absolute Gasteiger partial charge is 0.493 e. The summed E-state index contributed by atoms with van der Waals surface area (Å²) in [6.07, 6.45) is 1.03. The van der Waals surface area contributed by atoms with Crippen LogP contribution in [0.3, 0.4) is 0 Å². The molecule has 2 aliphatic rings. The molecular formula is C16H24N2OS. The number of benzene rings is 1. The van der Waals surface area contributed by atoms with E-state index in [1.807, 2.05) is 0 Å². The maximum absolute atomic E-state index is 6.09. The molecule has 4 heteroatoms. The number of nitrogens with two attached hydrogens (primary N) is 1. The van der Waals surface area contributed by atoms with E-state index in [1.54, 1.807) is 0 Å². The van der Waals surface area contributed by atoms with Crippen molar-refractivity contribution >= 4 is 11.8 Å². The van der Waals surface area contributed by atoms with Gasteiger partial charge in [0.15, 0.2) is 0 Å². The molecule has 0 aliphatic carbocycles. The molecule has 2 aliphatic heterocycles. The van der Waals surface area contributed by atoms with Crippen molar-refractivity contribution in [1.29, 1.82) is 0 Å². The third kappa shape index (κ3) is 2.83. The molecule has 1 aromatic rings. The Morgan fingerprint density at radius 2 is 2.30 bits per heavy atom. The number of nitrogens with zero attached hydrogens (tertiary/aromatic N) is 1. The predicted octanol–water partition coefficient (Wildman–Crippen LogP) is 2.45. The number of rotatable bonds is 3. The Morgan fingerprint density at radius 3 is 3.05 bits per heavy atom. The van der Waals surface area contributed by atoms with Gasteiger partial charge in [0.05, 0.1) is 6.61 Å². The fourth-order valence-electron chi connectivity index (χ4n) is 3.23. The molecule has 0 spiro atoms. The third-order valence-electron chi connectivity index (χ3n) is 4.22. The molecule has 0 radical (unpaired) electrons. The lowest BCUT2D eigenvalue weighted by molar-refractivity contribution is 0.192. The van der Waals surface area contributed by atoms with Gasteiger partial charge in [-0.25, -0.2) is 0 Å². The molecule has 20 heavy (non-hydrogen) atoms. The first-order valence-corrected chi connectivity index (χ1v) is 8.41. The second-order valence-electron chi connectivity index (χ2n) is 6.30. The van der Waals surface area contributed by atoms with Gasteiger partial charge in [-0.15, -0.1) is 0 Å². The SMILES string of the molecule is CC1(C)CN(C(CN)c2ccc3c(c2)CCO3)CCS1. The Kier molecular flexibility index (Phi) is 3.98. The molecule has 1 saturated heterocycles. The summed E-state index contributed by atoms with van der Waals surface area (Å²) in [6.45, 7) is 8.39. The summed E-state index contributed by atoms with van der Waals surface area (Å²) in [5.41, 5.74) is 8.78. The number of thioether (sulfide) groups is 1. The maximum atomic E-state index is 6.09. The van der Waals surface area contributed by atoms with Gasteiger partial charge in [-0.05, 0) is 31.0 Å². The van der Waals surface area contributed by atoms with Crippen molar-refractivity contribution in [3.63, 3.8) is 0 Å². The van der Waals surface area contributed by atoms with Crippen molar-refractivity contribution < 1.29 is 4.74 Å². The highest BCUT2D eigenvalue weighted by molar-refractivity contribution is 8.00. The highest BCUT2D eigenvalue weighted by atomic mass is 32.2. The summed E-state index contributed by atoms with van der Waals surface area (Å²) in [4.78, 5) is 2.55. The third-order valence-corrected chi connectivity index (χ3v) is 5.51. The second-order valence-corrected chi connectivity index (χ2v) is 8.10. The van der Waals surface area contributed by atoms with Crippen molar-refractivity contribution in [1.82, 2.24) is 4.90 Å². The van der Waals surface area contributed by atoms with Crippen LogP contribution in [0.5, 0.6) is 5.75 Å². The Hall–Kier alpha value is -0.710. The highest BCUT2D eigenvalue weighted by Gasteiger charge is 2.31. The van der Waals surface area contributed by atoms with Crippen LogP contribution < -0.4 is 10.5 Å². The van der Waals surface area contributed by atoms with E-state index < -0.39 is 0 Å². The van der Waals surface area contributed by atoms with E-state index in [1.165, 1.54) is 16.9 Å². The summed E-state index contributed by atoms with van der Waals surface area (Å²) < 4.78 is 5.92. The number of ether oxygens (including phenoxy) is 1. The summed E-state index contributed by atoms with van der Waals surface area (Å²) in [5.74, 6) is 2.25. The average molecular weight is 292 g/mol. The molecule has 2 heterocycles. The lowest BCUT2D eigenvalue weighted by atomic mass is 10.00. The molecule has 0 amide bonds. The van der Waals surface area contributed by atoms with Gasteiger partial charge in [0.2, 0.25) is 0 Å². The molecule has 1 aromatic carbocycles. The van der Waals surface area contributed by atoms with Gasteiger partial charge < -0.3 is 10.5 Å². The van der Waals surface area contributed by atoms with Crippen LogP contribution in [0.15, 0.2) is 18.2 Å². The molecule has 2 N–H and O–H groups in total. The lowest BCUT2D eigenvalue weighted by Gasteiger charge is -2.41. The van der Waals surface area contributed by atoms with Crippen LogP contribution in [0.4, 0.5) is 0 Å². The second kappa shape index (κ2) is 5.58. The van der Waals surface area contributed by atoms with Crippen molar-refractivity contribution in [3.8, 4) is 5.75 Å². The molecule has 0 saturated carbocycles. The Balaban J connectivity index is 1.82. The minimum absolute atomic E-state index is 0.325. The van der Waals surface area contributed by atoms with Crippen LogP contribution in [0.25, 0.3) is 0 Å². The quantitative estimate of drug-likeness (QED) is 0.929. The normalized spacial score (nSPS) is 23.1. The van der Waals surface area contributed by atoms with E-state index in [2.05, 4.69) is 48.7 Å². The van der Waals surface area contributed by atoms with Gasteiger partial charge in [0.25, 0.3) is 0 Å². The molecule has 0 aromatic heterocycles. The van der Waals surface area contributed by atoms with Gasteiger partial charge >= 0.3 is 0 Å². The predicted molar refractivity (Wildman–Crippen MR) is 85.5 cm³/mol. The van der Waals surface area contributed by atoms with E-state index in [4.69, 9.17) is 10.5 Å². The molecule has 3 rings (SSSR count). The molecule has 1 fully saturated rings. The minimum Gasteiger partial charge on any atom is -0.493 e. The highest BCUT2D eigenvalue weighted by Crippen LogP contribution is 2.35. The van der Waals surface area contributed by atoms with E-state index in [0.29, 0.717) is 17.3 Å². The fraction of sp³-hybridized carbons (Fsp3) is 0.625. The standard InChI is InChI=1S/C16H24N2OS/c1-16(2)11-18(6-8-20-16)14(10-17)12-3-4-15-13(9-12)5-7-19-15/h3-4,9,14H,5-8,10-11,17H2,1-2H3. The first kappa shape index (κ1) is 14.2. The van der Waals surface area contributed by atoms with Crippen molar-refractivity contribution in [3.05, 3.63) is 29.3 Å². The molecule has 1 unspecified atom stereocenters. The Bertz CT molecular complexity index is 489. The smallest absolute Gasteiger partial charge is 0.122 e. The molecule has 3 nitrogen and oxygen atoms in total. The van der Waals surface area contributed by atoms with Gasteiger partial charge in [-0.2, -0.15) is 11.8 Å². The van der Waals surface area contributed by atoms with E-state index in [-0.39, 0.29) is 0 Å². The Morgan fingerprint density at radius 1 is 1.45 bits per heavy atom. The zero-order valence-corrected chi connectivity index (χ0v) is 13.2. The summed E-state index contributed by atoms with van der Waals surface area (Å²) in [6, 6.07) is 6.94. The first-order chi connectivity index (χ1) is 9.59.